The van der Waals surface area contributed by atoms with Crippen molar-refractivity contribution >= 4 is 45.6 Å². The van der Waals surface area contributed by atoms with Crippen LogP contribution in [0.15, 0.2) is 42.6 Å². The van der Waals surface area contributed by atoms with E-state index in [9.17, 15) is 0 Å². The van der Waals surface area contributed by atoms with Crippen LogP contribution < -0.4 is 4.90 Å². The average molecular weight is 305 g/mol. The molecule has 0 radical (unpaired) electrons. The van der Waals surface area contributed by atoms with E-state index in [0.29, 0.717) is 16.0 Å². The third-order valence-corrected chi connectivity index (χ3v) is 3.42. The van der Waals surface area contributed by atoms with Crippen LogP contribution in [0.4, 0.5) is 11.6 Å². The highest BCUT2D eigenvalue weighted by molar-refractivity contribution is 6.31. The van der Waals surface area contributed by atoms with Crippen molar-refractivity contribution in [2.45, 2.75) is 0 Å². The van der Waals surface area contributed by atoms with Gasteiger partial charge in [-0.2, -0.15) is 0 Å². The van der Waals surface area contributed by atoms with E-state index in [0.717, 1.165) is 16.6 Å². The quantitative estimate of drug-likeness (QED) is 0.715. The van der Waals surface area contributed by atoms with Crippen LogP contribution >= 0.6 is 23.2 Å². The fourth-order valence-corrected chi connectivity index (χ4v) is 2.26. The van der Waals surface area contributed by atoms with Gasteiger partial charge in [-0.25, -0.2) is 4.98 Å². The Hall–Kier alpha value is -1.91. The number of hydrogen-bond acceptors (Lipinski definition) is 4. The summed E-state index contributed by atoms with van der Waals surface area (Å²) in [7, 11) is 1.88. The molecular formula is C14H10Cl2N4. The van der Waals surface area contributed by atoms with E-state index in [4.69, 9.17) is 23.2 Å². The van der Waals surface area contributed by atoms with Crippen LogP contribution in [0.2, 0.25) is 10.2 Å². The molecule has 100 valence electrons. The molecule has 0 aliphatic heterocycles. The summed E-state index contributed by atoms with van der Waals surface area (Å²) in [6.07, 6.45) is 1.76. The first kappa shape index (κ1) is 13.1. The molecule has 0 atom stereocenters. The molecule has 0 fully saturated rings. The van der Waals surface area contributed by atoms with Gasteiger partial charge in [-0.3, -0.25) is 0 Å². The third kappa shape index (κ3) is 2.40. The lowest BCUT2D eigenvalue weighted by molar-refractivity contribution is 0.979. The Morgan fingerprint density at radius 2 is 1.85 bits per heavy atom. The maximum absolute atomic E-state index is 6.07. The van der Waals surface area contributed by atoms with Crippen molar-refractivity contribution in [2.75, 3.05) is 11.9 Å². The van der Waals surface area contributed by atoms with Gasteiger partial charge in [0.2, 0.25) is 0 Å². The van der Waals surface area contributed by atoms with E-state index in [-0.39, 0.29) is 0 Å². The first-order valence-electron chi connectivity index (χ1n) is 5.92. The van der Waals surface area contributed by atoms with Gasteiger partial charge in [-0.05, 0) is 35.7 Å². The van der Waals surface area contributed by atoms with Crippen LogP contribution in [0.25, 0.3) is 10.8 Å². The molecule has 20 heavy (non-hydrogen) atoms. The normalized spacial score (nSPS) is 10.8. The molecule has 2 aromatic heterocycles. The van der Waals surface area contributed by atoms with Crippen LogP contribution in [0.5, 0.6) is 0 Å². The number of halogens is 2. The minimum Gasteiger partial charge on any atom is -0.312 e. The van der Waals surface area contributed by atoms with Gasteiger partial charge >= 0.3 is 0 Å². The van der Waals surface area contributed by atoms with Gasteiger partial charge in [-0.1, -0.05) is 29.3 Å². The lowest BCUT2D eigenvalue weighted by Gasteiger charge is -2.18. The molecule has 3 aromatic rings. The summed E-state index contributed by atoms with van der Waals surface area (Å²) >= 11 is 11.8. The molecule has 0 saturated carbocycles. The van der Waals surface area contributed by atoms with E-state index >= 15 is 0 Å². The number of rotatable bonds is 2. The number of aromatic nitrogens is 3. The van der Waals surface area contributed by atoms with Crippen molar-refractivity contribution in [3.8, 4) is 0 Å². The summed E-state index contributed by atoms with van der Waals surface area (Å²) < 4.78 is 0. The Kier molecular flexibility index (Phi) is 3.42. The van der Waals surface area contributed by atoms with Gasteiger partial charge in [0.15, 0.2) is 11.0 Å². The van der Waals surface area contributed by atoms with Crippen LogP contribution in [-0.2, 0) is 0 Å². The van der Waals surface area contributed by atoms with E-state index in [1.807, 2.05) is 36.2 Å². The molecule has 2 heterocycles. The van der Waals surface area contributed by atoms with Crippen molar-refractivity contribution in [1.29, 1.82) is 0 Å². The van der Waals surface area contributed by atoms with Gasteiger partial charge in [0.05, 0.1) is 0 Å². The largest absolute Gasteiger partial charge is 0.312 e. The second-order valence-electron chi connectivity index (χ2n) is 4.27. The molecule has 4 nitrogen and oxygen atoms in total. The molecule has 3 rings (SSSR count). The smallest absolute Gasteiger partial charge is 0.156 e. The minimum atomic E-state index is 0.357. The lowest BCUT2D eigenvalue weighted by atomic mass is 10.1. The Labute approximate surface area is 126 Å². The number of anilines is 2. The molecule has 0 saturated heterocycles. The van der Waals surface area contributed by atoms with Gasteiger partial charge in [0.1, 0.15) is 5.82 Å². The summed E-state index contributed by atoms with van der Waals surface area (Å²) in [5.74, 6) is 1.43. The summed E-state index contributed by atoms with van der Waals surface area (Å²) in [6, 6.07) is 11.1. The zero-order valence-electron chi connectivity index (χ0n) is 10.6. The number of benzene rings is 1. The maximum atomic E-state index is 6.07. The van der Waals surface area contributed by atoms with Crippen molar-refractivity contribution in [1.82, 2.24) is 15.2 Å². The Balaban J connectivity index is 2.13. The molecule has 0 aliphatic carbocycles. The molecule has 0 spiro atoms. The Morgan fingerprint density at radius 3 is 2.60 bits per heavy atom. The van der Waals surface area contributed by atoms with Gasteiger partial charge in [0, 0.05) is 23.7 Å². The number of fused-ring (bicyclic) bond motifs is 1. The average Bonchev–Trinajstić information content (AvgIpc) is 2.46. The molecule has 0 unspecified atom stereocenters. The van der Waals surface area contributed by atoms with Crippen LogP contribution in [0.3, 0.4) is 0 Å². The SMILES string of the molecule is CN(c1ccc(Cl)nn1)c1nccc2ccc(Cl)cc12. The Bertz CT molecular complexity index is 759. The highest BCUT2D eigenvalue weighted by atomic mass is 35.5. The fraction of sp³-hybridized carbons (Fsp3) is 0.0714. The highest BCUT2D eigenvalue weighted by Crippen LogP contribution is 2.29. The van der Waals surface area contributed by atoms with Crippen molar-refractivity contribution in [3.63, 3.8) is 0 Å². The molecule has 1 aromatic carbocycles. The van der Waals surface area contributed by atoms with Gasteiger partial charge in [-0.15, -0.1) is 10.2 Å². The summed E-state index contributed by atoms with van der Waals surface area (Å²) in [5, 5.41) is 10.9. The maximum Gasteiger partial charge on any atom is 0.156 e. The van der Waals surface area contributed by atoms with Gasteiger partial charge in [0.25, 0.3) is 0 Å². The minimum absolute atomic E-state index is 0.357. The van der Waals surface area contributed by atoms with Crippen LogP contribution in [0.1, 0.15) is 0 Å². The summed E-state index contributed by atoms with van der Waals surface area (Å²) in [5.41, 5.74) is 0. The van der Waals surface area contributed by atoms with E-state index in [1.54, 1.807) is 18.3 Å². The summed E-state index contributed by atoms with van der Waals surface area (Å²) in [4.78, 5) is 6.26. The zero-order chi connectivity index (χ0) is 14.1. The van der Waals surface area contributed by atoms with Crippen molar-refractivity contribution < 1.29 is 0 Å². The molecule has 0 aliphatic rings. The zero-order valence-corrected chi connectivity index (χ0v) is 12.1. The molecule has 0 N–H and O–H groups in total. The predicted molar refractivity (Wildman–Crippen MR) is 81.9 cm³/mol. The second kappa shape index (κ2) is 5.23. The second-order valence-corrected chi connectivity index (χ2v) is 5.10. The molecule has 0 bridgehead atoms. The molecular weight excluding hydrogens is 295 g/mol. The number of hydrogen-bond donors (Lipinski definition) is 0. The van der Waals surface area contributed by atoms with Crippen LogP contribution in [-0.4, -0.2) is 22.2 Å². The molecule has 6 heteroatoms. The lowest BCUT2D eigenvalue weighted by Crippen LogP contribution is -2.13. The predicted octanol–water partition coefficient (Wildman–Crippen LogP) is 4.10. The fourth-order valence-electron chi connectivity index (χ4n) is 1.99. The number of nitrogens with zero attached hydrogens (tertiary/aromatic N) is 4. The first-order valence-corrected chi connectivity index (χ1v) is 6.68. The number of pyridine rings is 1. The van der Waals surface area contributed by atoms with Crippen molar-refractivity contribution in [3.05, 3.63) is 52.8 Å². The highest BCUT2D eigenvalue weighted by Gasteiger charge is 2.11. The monoisotopic (exact) mass is 304 g/mol. The van der Waals surface area contributed by atoms with Crippen molar-refractivity contribution in [2.24, 2.45) is 0 Å². The topological polar surface area (TPSA) is 41.9 Å². The van der Waals surface area contributed by atoms with Gasteiger partial charge < -0.3 is 4.90 Å². The molecule has 0 amide bonds. The first-order chi connectivity index (χ1) is 9.65. The van der Waals surface area contributed by atoms with Crippen LogP contribution in [0, 0.1) is 0 Å². The third-order valence-electron chi connectivity index (χ3n) is 2.99. The van der Waals surface area contributed by atoms with E-state index < -0.39 is 0 Å². The van der Waals surface area contributed by atoms with E-state index in [2.05, 4.69) is 15.2 Å². The standard InChI is InChI=1S/C14H10Cl2N4/c1-20(13-5-4-12(16)18-19-13)14-11-8-10(15)3-2-9(11)6-7-17-14/h2-8H,1H3. The Morgan fingerprint density at radius 1 is 1.00 bits per heavy atom. The van der Waals surface area contributed by atoms with E-state index in [1.165, 1.54) is 0 Å². The summed E-state index contributed by atoms with van der Waals surface area (Å²) in [6.45, 7) is 0.